The van der Waals surface area contributed by atoms with E-state index in [1.54, 1.807) is 6.07 Å². The van der Waals surface area contributed by atoms with Gasteiger partial charge in [-0.05, 0) is 30.2 Å². The molecular formula is C12H10ClNO. The van der Waals surface area contributed by atoms with Gasteiger partial charge in [0.1, 0.15) is 0 Å². The lowest BCUT2D eigenvalue weighted by atomic mass is 10.1. The quantitative estimate of drug-likeness (QED) is 0.786. The Hall–Kier alpha value is -1.54. The van der Waals surface area contributed by atoms with Crippen LogP contribution < -0.4 is 5.56 Å². The molecule has 1 heterocycles. The molecule has 0 saturated heterocycles. The van der Waals surface area contributed by atoms with Crippen molar-refractivity contribution in [3.05, 3.63) is 57.3 Å². The average molecular weight is 220 g/mol. The standard InChI is InChI=1S/C12H10ClNO/c1-8-5-6-9(7-10(8)13)11-3-2-4-12(15)14-11/h2-7H,1H3,(H,14,15). The maximum absolute atomic E-state index is 11.1. The van der Waals surface area contributed by atoms with Crippen molar-refractivity contribution in [2.75, 3.05) is 0 Å². The Balaban J connectivity index is 2.55. The predicted octanol–water partition coefficient (Wildman–Crippen LogP) is 3.00. The van der Waals surface area contributed by atoms with E-state index in [0.717, 1.165) is 16.8 Å². The van der Waals surface area contributed by atoms with Gasteiger partial charge in [0.15, 0.2) is 0 Å². The molecule has 1 aromatic carbocycles. The van der Waals surface area contributed by atoms with Gasteiger partial charge in [0.05, 0.1) is 0 Å². The van der Waals surface area contributed by atoms with Gasteiger partial charge in [-0.15, -0.1) is 0 Å². The summed E-state index contributed by atoms with van der Waals surface area (Å²) in [5, 5.41) is 0.706. The van der Waals surface area contributed by atoms with E-state index in [2.05, 4.69) is 4.98 Å². The number of H-pyrrole nitrogens is 1. The zero-order valence-electron chi connectivity index (χ0n) is 8.25. The van der Waals surface area contributed by atoms with Crippen LogP contribution in [0, 0.1) is 6.92 Å². The highest BCUT2D eigenvalue weighted by molar-refractivity contribution is 6.31. The molecule has 0 aliphatic carbocycles. The number of hydrogen-bond acceptors (Lipinski definition) is 1. The number of rotatable bonds is 1. The molecule has 1 N–H and O–H groups in total. The van der Waals surface area contributed by atoms with E-state index in [-0.39, 0.29) is 5.56 Å². The van der Waals surface area contributed by atoms with Gasteiger partial charge >= 0.3 is 0 Å². The number of halogens is 1. The third-order valence-corrected chi connectivity index (χ3v) is 2.66. The molecule has 2 aromatic rings. The monoisotopic (exact) mass is 219 g/mol. The lowest BCUT2D eigenvalue weighted by molar-refractivity contribution is 1.24. The molecule has 2 nitrogen and oxygen atoms in total. The van der Waals surface area contributed by atoms with Crippen molar-refractivity contribution < 1.29 is 0 Å². The fraction of sp³-hybridized carbons (Fsp3) is 0.0833. The minimum Gasteiger partial charge on any atom is -0.322 e. The third kappa shape index (κ3) is 2.10. The van der Waals surface area contributed by atoms with Crippen LogP contribution in [0.15, 0.2) is 41.2 Å². The highest BCUT2D eigenvalue weighted by Crippen LogP contribution is 2.22. The summed E-state index contributed by atoms with van der Waals surface area (Å²) in [5.74, 6) is 0. The van der Waals surface area contributed by atoms with E-state index in [1.807, 2.05) is 31.2 Å². The van der Waals surface area contributed by atoms with Crippen molar-refractivity contribution in [1.29, 1.82) is 0 Å². The summed E-state index contributed by atoms with van der Waals surface area (Å²) < 4.78 is 0. The summed E-state index contributed by atoms with van der Waals surface area (Å²) in [6.45, 7) is 1.94. The third-order valence-electron chi connectivity index (χ3n) is 2.25. The van der Waals surface area contributed by atoms with Crippen LogP contribution in [0.3, 0.4) is 0 Å². The van der Waals surface area contributed by atoms with Gasteiger partial charge in [0.2, 0.25) is 5.56 Å². The zero-order valence-corrected chi connectivity index (χ0v) is 9.01. The summed E-state index contributed by atoms with van der Waals surface area (Å²) in [7, 11) is 0. The number of aryl methyl sites for hydroxylation is 1. The van der Waals surface area contributed by atoms with E-state index in [1.165, 1.54) is 6.07 Å². The zero-order chi connectivity index (χ0) is 10.8. The van der Waals surface area contributed by atoms with Crippen LogP contribution in [0.25, 0.3) is 11.3 Å². The summed E-state index contributed by atoms with van der Waals surface area (Å²) in [6, 6.07) is 10.8. The molecule has 0 saturated carbocycles. The SMILES string of the molecule is Cc1ccc(-c2cccc(=O)[nH]2)cc1Cl. The lowest BCUT2D eigenvalue weighted by Gasteiger charge is -2.03. The molecular weight excluding hydrogens is 210 g/mol. The Bertz CT molecular complexity index is 545. The van der Waals surface area contributed by atoms with Crippen LogP contribution in [-0.4, -0.2) is 4.98 Å². The molecule has 15 heavy (non-hydrogen) atoms. The van der Waals surface area contributed by atoms with E-state index < -0.39 is 0 Å². The topological polar surface area (TPSA) is 32.9 Å². The summed E-state index contributed by atoms with van der Waals surface area (Å²) >= 11 is 6.01. The summed E-state index contributed by atoms with van der Waals surface area (Å²) in [4.78, 5) is 13.9. The largest absolute Gasteiger partial charge is 0.322 e. The van der Waals surface area contributed by atoms with Gasteiger partial charge in [-0.25, -0.2) is 0 Å². The van der Waals surface area contributed by atoms with Gasteiger partial charge in [-0.3, -0.25) is 4.79 Å². The van der Waals surface area contributed by atoms with Crippen molar-refractivity contribution >= 4 is 11.6 Å². The molecule has 0 amide bonds. The first-order valence-corrected chi connectivity index (χ1v) is 5.00. The van der Waals surface area contributed by atoms with Gasteiger partial charge in [-0.2, -0.15) is 0 Å². The van der Waals surface area contributed by atoms with E-state index in [0.29, 0.717) is 5.02 Å². The van der Waals surface area contributed by atoms with Gasteiger partial charge < -0.3 is 4.98 Å². The summed E-state index contributed by atoms with van der Waals surface area (Å²) in [6.07, 6.45) is 0. The van der Waals surface area contributed by atoms with Gasteiger partial charge in [0, 0.05) is 16.8 Å². The number of hydrogen-bond donors (Lipinski definition) is 1. The lowest BCUT2D eigenvalue weighted by Crippen LogP contribution is -2.03. The molecule has 0 bridgehead atoms. The maximum Gasteiger partial charge on any atom is 0.248 e. The van der Waals surface area contributed by atoms with Crippen LogP contribution in [0.5, 0.6) is 0 Å². The van der Waals surface area contributed by atoms with Gasteiger partial charge in [-0.1, -0.05) is 29.8 Å². The van der Waals surface area contributed by atoms with Gasteiger partial charge in [0.25, 0.3) is 0 Å². The van der Waals surface area contributed by atoms with Crippen LogP contribution in [0.1, 0.15) is 5.56 Å². The molecule has 1 aromatic heterocycles. The van der Waals surface area contributed by atoms with Crippen LogP contribution in [0.4, 0.5) is 0 Å². The molecule has 2 rings (SSSR count). The Morgan fingerprint density at radius 2 is 2.00 bits per heavy atom. The molecule has 0 spiro atoms. The van der Waals surface area contributed by atoms with Crippen molar-refractivity contribution in [1.82, 2.24) is 4.98 Å². The minimum atomic E-state index is -0.107. The van der Waals surface area contributed by atoms with Crippen LogP contribution in [-0.2, 0) is 0 Å². The van der Waals surface area contributed by atoms with Crippen molar-refractivity contribution in [3.8, 4) is 11.3 Å². The summed E-state index contributed by atoms with van der Waals surface area (Å²) in [5.41, 5.74) is 2.62. The number of aromatic nitrogens is 1. The van der Waals surface area contributed by atoms with Crippen molar-refractivity contribution in [3.63, 3.8) is 0 Å². The Morgan fingerprint density at radius 1 is 1.20 bits per heavy atom. The van der Waals surface area contributed by atoms with Crippen molar-refractivity contribution in [2.45, 2.75) is 6.92 Å². The second kappa shape index (κ2) is 3.91. The molecule has 0 aliphatic heterocycles. The average Bonchev–Trinajstić information content (AvgIpc) is 2.22. The van der Waals surface area contributed by atoms with E-state index in [9.17, 15) is 4.79 Å². The smallest absolute Gasteiger partial charge is 0.248 e. The first-order chi connectivity index (χ1) is 7.16. The molecule has 76 valence electrons. The number of nitrogens with one attached hydrogen (secondary N) is 1. The minimum absolute atomic E-state index is 0.107. The maximum atomic E-state index is 11.1. The van der Waals surface area contributed by atoms with Crippen LogP contribution in [0.2, 0.25) is 5.02 Å². The molecule has 0 unspecified atom stereocenters. The molecule has 0 radical (unpaired) electrons. The molecule has 0 atom stereocenters. The molecule has 0 aliphatic rings. The Morgan fingerprint density at radius 3 is 2.67 bits per heavy atom. The Labute approximate surface area is 92.5 Å². The predicted molar refractivity (Wildman–Crippen MR) is 62.2 cm³/mol. The first-order valence-electron chi connectivity index (χ1n) is 4.63. The van der Waals surface area contributed by atoms with Crippen LogP contribution >= 0.6 is 11.6 Å². The number of aromatic amines is 1. The normalized spacial score (nSPS) is 10.3. The van der Waals surface area contributed by atoms with E-state index >= 15 is 0 Å². The second-order valence-electron chi connectivity index (χ2n) is 3.39. The molecule has 3 heteroatoms. The molecule has 0 fully saturated rings. The van der Waals surface area contributed by atoms with E-state index in [4.69, 9.17) is 11.6 Å². The Kier molecular flexibility index (Phi) is 2.60. The highest BCUT2D eigenvalue weighted by atomic mass is 35.5. The highest BCUT2D eigenvalue weighted by Gasteiger charge is 2.00. The number of benzene rings is 1. The first kappa shape index (κ1) is 9.99. The fourth-order valence-electron chi connectivity index (χ4n) is 1.38. The fourth-order valence-corrected chi connectivity index (χ4v) is 1.56. The number of pyridine rings is 1. The van der Waals surface area contributed by atoms with Crippen molar-refractivity contribution in [2.24, 2.45) is 0 Å². The second-order valence-corrected chi connectivity index (χ2v) is 3.80.